The molecule has 0 spiro atoms. The van der Waals surface area contributed by atoms with Crippen molar-refractivity contribution in [2.45, 2.75) is 0 Å². The van der Waals surface area contributed by atoms with E-state index in [0.717, 1.165) is 0 Å². The standard InChI is InChI=1S/C7H5N.Cu.H2N/c8-6-7-4-2-1-3-5-7;;/h1-5H;;1H2/q;+2;-1. The number of hydrogen-bond donors (Lipinski definition) is 0. The van der Waals surface area contributed by atoms with Gasteiger partial charge in [-0.15, -0.1) is 0 Å². The van der Waals surface area contributed by atoms with E-state index < -0.39 is 0 Å². The van der Waals surface area contributed by atoms with Crippen molar-refractivity contribution in [3.8, 4) is 0 Å². The van der Waals surface area contributed by atoms with Crippen LogP contribution in [0.2, 0.25) is 0 Å². The van der Waals surface area contributed by atoms with E-state index >= 15 is 0 Å². The van der Waals surface area contributed by atoms with Crippen LogP contribution in [0.5, 0.6) is 0 Å². The van der Waals surface area contributed by atoms with Crippen molar-refractivity contribution in [1.29, 1.82) is 0 Å². The molecule has 10 heavy (non-hydrogen) atoms. The molecule has 0 atom stereocenters. The van der Waals surface area contributed by atoms with Crippen LogP contribution in [-0.4, -0.2) is 6.21 Å². The van der Waals surface area contributed by atoms with Gasteiger partial charge in [-0.25, -0.2) is 0 Å². The smallest absolute Gasteiger partial charge is 0.693 e. The normalized spacial score (nSPS) is 6.40. The van der Waals surface area contributed by atoms with E-state index in [0.29, 0.717) is 5.56 Å². The first kappa shape index (κ1) is 12.0. The van der Waals surface area contributed by atoms with Gasteiger partial charge < -0.3 is 11.6 Å². The Balaban J connectivity index is 0. The fraction of sp³-hybridized carbons (Fsp3) is 0. The summed E-state index contributed by atoms with van der Waals surface area (Å²) in [5.74, 6) is 0. The summed E-state index contributed by atoms with van der Waals surface area (Å²) in [6.07, 6.45) is 2.03. The van der Waals surface area contributed by atoms with Crippen LogP contribution < -0.4 is 0 Å². The zero-order chi connectivity index (χ0) is 5.82. The number of nitrogens with two attached hydrogens (primary N) is 1. The molecule has 0 amide bonds. The minimum Gasteiger partial charge on any atom is -0.693 e. The average molecular weight is 183 g/mol. The monoisotopic (exact) mass is 182 g/mol. The second-order valence-electron chi connectivity index (χ2n) is 1.48. The van der Waals surface area contributed by atoms with Crippen LogP contribution in [0.25, 0.3) is 11.6 Å². The first-order valence-electron chi connectivity index (χ1n) is 2.38. The summed E-state index contributed by atoms with van der Waals surface area (Å²) in [6, 6.07) is 9.14. The predicted molar refractivity (Wildman–Crippen MR) is 39.2 cm³/mol. The SMILES string of the molecule is [Cu+2].[N-]=[C+]c1ccccc1.[NH2-]. The van der Waals surface area contributed by atoms with Gasteiger partial charge in [-0.3, -0.25) is 0 Å². The van der Waals surface area contributed by atoms with Crippen LogP contribution in [0.3, 0.4) is 0 Å². The van der Waals surface area contributed by atoms with Gasteiger partial charge >= 0.3 is 17.1 Å². The van der Waals surface area contributed by atoms with Gasteiger partial charge in [-0.2, -0.15) is 0 Å². The van der Waals surface area contributed by atoms with Gasteiger partial charge in [0.05, 0.1) is 12.1 Å². The minimum absolute atomic E-state index is 0. The number of hydrogen-bond acceptors (Lipinski definition) is 0. The molecule has 55 valence electrons. The Morgan fingerprint density at radius 3 is 1.90 bits per heavy atom. The van der Waals surface area contributed by atoms with Gasteiger partial charge in [0.1, 0.15) is 0 Å². The van der Waals surface area contributed by atoms with Gasteiger partial charge in [-0.1, -0.05) is 6.21 Å². The predicted octanol–water partition coefficient (Wildman–Crippen LogP) is 2.27. The van der Waals surface area contributed by atoms with Crippen LogP contribution in [0, 0.1) is 0 Å². The maximum absolute atomic E-state index is 8.29. The molecule has 0 unspecified atom stereocenters. The van der Waals surface area contributed by atoms with Gasteiger partial charge in [0.2, 0.25) is 0 Å². The van der Waals surface area contributed by atoms with Crippen molar-refractivity contribution < 1.29 is 17.1 Å². The van der Waals surface area contributed by atoms with Crippen molar-refractivity contribution in [3.63, 3.8) is 0 Å². The van der Waals surface area contributed by atoms with Crippen molar-refractivity contribution in [1.82, 2.24) is 0 Å². The van der Waals surface area contributed by atoms with E-state index in [1.807, 2.05) is 24.4 Å². The zero-order valence-corrected chi connectivity index (χ0v) is 6.15. The molecule has 0 aromatic heterocycles. The molecule has 1 aromatic carbocycles. The fourth-order valence-electron chi connectivity index (χ4n) is 0.513. The average Bonchev–Trinajstić information content (AvgIpc) is 1.90. The van der Waals surface area contributed by atoms with Crippen LogP contribution in [0.4, 0.5) is 0 Å². The van der Waals surface area contributed by atoms with Gasteiger partial charge in [-0.05, 0) is 18.2 Å². The van der Waals surface area contributed by atoms with Crippen molar-refractivity contribution in [2.75, 3.05) is 0 Å². The Hall–Kier alpha value is -0.721. The minimum atomic E-state index is 0. The molecule has 1 radical (unpaired) electrons. The summed E-state index contributed by atoms with van der Waals surface area (Å²) in [6.45, 7) is 0. The maximum atomic E-state index is 8.29. The largest absolute Gasteiger partial charge is 2.00 e. The molecule has 0 heterocycles. The Kier molecular flexibility index (Phi) is 7.68. The number of rotatable bonds is 1. The van der Waals surface area contributed by atoms with Crippen LogP contribution >= 0.6 is 0 Å². The van der Waals surface area contributed by atoms with E-state index in [1.165, 1.54) is 0 Å². The van der Waals surface area contributed by atoms with E-state index in [4.69, 9.17) is 5.41 Å². The molecule has 0 aliphatic carbocycles. The fourth-order valence-corrected chi connectivity index (χ4v) is 0.513. The number of benzene rings is 1. The number of nitrogens with zero attached hydrogens (tertiary/aromatic N) is 1. The zero-order valence-electron chi connectivity index (χ0n) is 5.21. The third-order valence-corrected chi connectivity index (χ3v) is 0.903. The second kappa shape index (κ2) is 6.40. The summed E-state index contributed by atoms with van der Waals surface area (Å²) in [7, 11) is 0. The summed E-state index contributed by atoms with van der Waals surface area (Å²) in [5.41, 5.74) is 0.715. The Morgan fingerprint density at radius 2 is 1.60 bits per heavy atom. The summed E-state index contributed by atoms with van der Waals surface area (Å²) < 4.78 is 0. The van der Waals surface area contributed by atoms with Crippen LogP contribution in [-0.2, 0) is 17.1 Å². The van der Waals surface area contributed by atoms with E-state index in [2.05, 4.69) is 0 Å². The third kappa shape index (κ3) is 3.33. The molecule has 1 rings (SSSR count). The molecular weight excluding hydrogens is 176 g/mol. The first-order chi connectivity index (χ1) is 3.93. The molecule has 0 aliphatic rings. The Bertz CT molecular complexity index is 174. The summed E-state index contributed by atoms with van der Waals surface area (Å²) in [5, 5.41) is 8.29. The molecule has 0 saturated heterocycles. The van der Waals surface area contributed by atoms with Gasteiger partial charge in [0.25, 0.3) is 0 Å². The molecule has 2 N–H and O–H groups in total. The summed E-state index contributed by atoms with van der Waals surface area (Å²) >= 11 is 0. The summed E-state index contributed by atoms with van der Waals surface area (Å²) in [4.78, 5) is 0. The topological polar surface area (TPSA) is 55.8 Å². The van der Waals surface area contributed by atoms with Gasteiger partial charge in [0.15, 0.2) is 5.56 Å². The molecule has 1 aromatic rings. The molecular formula is C7H7CuN2+. The molecule has 0 saturated carbocycles. The van der Waals surface area contributed by atoms with Crippen LogP contribution in [0.15, 0.2) is 30.3 Å². The van der Waals surface area contributed by atoms with Gasteiger partial charge in [0, 0.05) is 0 Å². The van der Waals surface area contributed by atoms with E-state index in [-0.39, 0.29) is 23.2 Å². The second-order valence-corrected chi connectivity index (χ2v) is 1.48. The van der Waals surface area contributed by atoms with Crippen LogP contribution in [0.1, 0.15) is 5.56 Å². The third-order valence-electron chi connectivity index (χ3n) is 0.903. The Labute approximate surface area is 71.2 Å². The molecule has 2 nitrogen and oxygen atoms in total. The van der Waals surface area contributed by atoms with E-state index in [1.54, 1.807) is 12.1 Å². The molecule has 0 fully saturated rings. The molecule has 0 aliphatic heterocycles. The quantitative estimate of drug-likeness (QED) is 0.364. The van der Waals surface area contributed by atoms with E-state index in [9.17, 15) is 0 Å². The molecule has 3 heteroatoms. The van der Waals surface area contributed by atoms with Crippen molar-refractivity contribution in [2.24, 2.45) is 0 Å². The Morgan fingerprint density at radius 1 is 1.10 bits per heavy atom. The van der Waals surface area contributed by atoms with Crippen molar-refractivity contribution >= 4 is 6.21 Å². The molecule has 0 bridgehead atoms. The maximum Gasteiger partial charge on any atom is 2.00 e. The first-order valence-corrected chi connectivity index (χ1v) is 2.38. The van der Waals surface area contributed by atoms with Crippen molar-refractivity contribution in [3.05, 3.63) is 47.5 Å².